The van der Waals surface area contributed by atoms with Crippen molar-refractivity contribution in [3.05, 3.63) is 46.6 Å². The van der Waals surface area contributed by atoms with Gasteiger partial charge in [-0.3, -0.25) is 14.6 Å². The van der Waals surface area contributed by atoms with E-state index in [9.17, 15) is 24.6 Å². The molecule has 0 saturated heterocycles. The Kier molecular flexibility index (Phi) is 6.56. The van der Waals surface area contributed by atoms with Gasteiger partial charge in [-0.1, -0.05) is 13.8 Å². The third-order valence-electron chi connectivity index (χ3n) is 11.2. The highest BCUT2D eigenvalue weighted by molar-refractivity contribution is 5.75. The second kappa shape index (κ2) is 9.89. The largest absolute Gasteiger partial charge is 0.484 e. The highest BCUT2D eigenvalue weighted by Crippen LogP contribution is 2.67. The van der Waals surface area contributed by atoms with E-state index < -0.39 is 46.3 Å². The monoisotopic (exact) mass is 593 g/mol. The summed E-state index contributed by atoms with van der Waals surface area (Å²) in [6.07, 6.45) is 4.89. The van der Waals surface area contributed by atoms with Gasteiger partial charge in [0.05, 0.1) is 24.0 Å². The van der Waals surface area contributed by atoms with E-state index in [1.54, 1.807) is 37.5 Å². The van der Waals surface area contributed by atoms with Crippen LogP contribution in [0.5, 0.6) is 5.75 Å². The van der Waals surface area contributed by atoms with Crippen LogP contribution in [0.2, 0.25) is 0 Å². The molecule has 10 nitrogen and oxygen atoms in total. The first-order valence-corrected chi connectivity index (χ1v) is 15.5. The van der Waals surface area contributed by atoms with Crippen LogP contribution >= 0.6 is 0 Å². The maximum atomic E-state index is 13.4. The number of esters is 2. The van der Waals surface area contributed by atoms with Gasteiger partial charge in [-0.2, -0.15) is 0 Å². The highest BCUT2D eigenvalue weighted by atomic mass is 16.6. The Hall–Kier alpha value is -3.24. The number of aliphatic hydroxyl groups excluding tert-OH is 2. The van der Waals surface area contributed by atoms with E-state index in [1.165, 1.54) is 0 Å². The summed E-state index contributed by atoms with van der Waals surface area (Å²) in [5.74, 6) is -1.26. The third kappa shape index (κ3) is 4.51. The maximum Gasteiger partial charge on any atom is 0.345 e. The van der Waals surface area contributed by atoms with Gasteiger partial charge in [0.2, 0.25) is 0 Å². The van der Waals surface area contributed by atoms with Crippen LogP contribution < -0.4 is 10.4 Å². The minimum Gasteiger partial charge on any atom is -0.484 e. The first-order chi connectivity index (χ1) is 20.5. The summed E-state index contributed by atoms with van der Waals surface area (Å²) in [6, 6.07) is 5.06. The Bertz CT molecular complexity index is 1500. The second-order valence-corrected chi connectivity index (χ2v) is 14.1. The van der Waals surface area contributed by atoms with Crippen LogP contribution in [0.3, 0.4) is 0 Å². The van der Waals surface area contributed by atoms with E-state index in [1.807, 2.05) is 6.92 Å². The van der Waals surface area contributed by atoms with Crippen LogP contribution in [0.4, 0.5) is 0 Å². The zero-order valence-electron chi connectivity index (χ0n) is 24.8. The number of fused-ring (bicyclic) bond motifs is 4. The summed E-state index contributed by atoms with van der Waals surface area (Å²) in [7, 11) is 0. The van der Waals surface area contributed by atoms with Crippen LogP contribution in [0.25, 0.3) is 11.3 Å². The topological polar surface area (TPSA) is 145 Å². The fourth-order valence-electron chi connectivity index (χ4n) is 8.45. The lowest BCUT2D eigenvalue weighted by Gasteiger charge is -2.66. The number of hydrogen-bond acceptors (Lipinski definition) is 10. The number of rotatable bonds is 6. The van der Waals surface area contributed by atoms with E-state index in [0.717, 1.165) is 25.7 Å². The fraction of sp³-hybridized carbons (Fsp3) is 0.636. The molecule has 10 heteroatoms. The van der Waals surface area contributed by atoms with Crippen LogP contribution in [0.15, 0.2) is 39.8 Å². The Morgan fingerprint density at radius 1 is 1.07 bits per heavy atom. The Balaban J connectivity index is 1.27. The lowest BCUT2D eigenvalue weighted by atomic mass is 9.42. The molecule has 1 aliphatic heterocycles. The van der Waals surface area contributed by atoms with Crippen LogP contribution in [0, 0.1) is 34.5 Å². The van der Waals surface area contributed by atoms with Gasteiger partial charge in [-0.05, 0) is 75.3 Å². The molecule has 0 aromatic carbocycles. The van der Waals surface area contributed by atoms with Gasteiger partial charge >= 0.3 is 17.6 Å². The molecular formula is C33H39NO9. The summed E-state index contributed by atoms with van der Waals surface area (Å²) in [5.41, 5.74) is -2.85. The average molecular weight is 594 g/mol. The number of carbonyl (C=O) groups excluding carboxylic acids is 2. The predicted octanol–water partition coefficient (Wildman–Crippen LogP) is 3.96. The summed E-state index contributed by atoms with van der Waals surface area (Å²) < 4.78 is 24.2. The van der Waals surface area contributed by atoms with Crippen molar-refractivity contribution in [3.63, 3.8) is 0 Å². The molecule has 4 fully saturated rings. The number of nitrogens with zero attached hydrogens (tertiary/aromatic N) is 1. The maximum absolute atomic E-state index is 13.4. The van der Waals surface area contributed by atoms with Gasteiger partial charge in [0.15, 0.2) is 0 Å². The second-order valence-electron chi connectivity index (χ2n) is 14.1. The van der Waals surface area contributed by atoms with E-state index >= 15 is 0 Å². The molecular weight excluding hydrogens is 554 g/mol. The number of hydrogen-bond donors (Lipinski definition) is 2. The van der Waals surface area contributed by atoms with Crippen molar-refractivity contribution in [2.45, 2.75) is 89.6 Å². The molecule has 0 spiro atoms. The molecule has 3 heterocycles. The molecule has 5 aliphatic rings. The molecule has 230 valence electrons. The minimum absolute atomic E-state index is 0.0216. The molecule has 0 bridgehead atoms. The van der Waals surface area contributed by atoms with Crippen molar-refractivity contribution < 1.29 is 38.4 Å². The number of pyridine rings is 1. The molecule has 0 amide bonds. The quantitative estimate of drug-likeness (QED) is 0.472. The smallest absolute Gasteiger partial charge is 0.345 e. The minimum atomic E-state index is -1.29. The van der Waals surface area contributed by atoms with Crippen molar-refractivity contribution in [1.29, 1.82) is 0 Å². The average Bonchev–Trinajstić information content (AvgIpc) is 3.88. The van der Waals surface area contributed by atoms with Crippen molar-refractivity contribution in [2.24, 2.45) is 34.5 Å². The van der Waals surface area contributed by atoms with Gasteiger partial charge in [0.1, 0.15) is 35.4 Å². The third-order valence-corrected chi connectivity index (χ3v) is 11.2. The molecule has 5 unspecified atom stereocenters. The summed E-state index contributed by atoms with van der Waals surface area (Å²) in [6.45, 7) is 5.84. The summed E-state index contributed by atoms with van der Waals surface area (Å²) in [5, 5.41) is 23.8. The van der Waals surface area contributed by atoms with Gasteiger partial charge in [-0.15, -0.1) is 0 Å². The summed E-state index contributed by atoms with van der Waals surface area (Å²) in [4.78, 5) is 43.1. The van der Waals surface area contributed by atoms with E-state index in [-0.39, 0.29) is 59.8 Å². The van der Waals surface area contributed by atoms with Gasteiger partial charge in [0, 0.05) is 35.4 Å². The molecule has 0 radical (unpaired) electrons. The number of aliphatic hydroxyl groups is 2. The van der Waals surface area contributed by atoms with Crippen molar-refractivity contribution in [2.75, 3.05) is 6.61 Å². The number of ether oxygens (including phenoxy) is 3. The molecule has 2 N–H and O–H groups in total. The van der Waals surface area contributed by atoms with Crippen LogP contribution in [0.1, 0.15) is 77.4 Å². The number of carbonyl (C=O) groups is 2. The molecule has 8 atom stereocenters. The van der Waals surface area contributed by atoms with Gasteiger partial charge in [0.25, 0.3) is 0 Å². The first kappa shape index (κ1) is 28.5. The van der Waals surface area contributed by atoms with Crippen molar-refractivity contribution in [3.8, 4) is 17.1 Å². The van der Waals surface area contributed by atoms with Gasteiger partial charge in [-0.25, -0.2) is 4.79 Å². The molecule has 4 aliphatic carbocycles. The van der Waals surface area contributed by atoms with Gasteiger partial charge < -0.3 is 28.8 Å². The van der Waals surface area contributed by atoms with Crippen molar-refractivity contribution in [1.82, 2.24) is 4.98 Å². The first-order valence-electron chi connectivity index (χ1n) is 15.5. The Labute approximate surface area is 249 Å². The SMILES string of the molecule is CC12CC[C@H](OC(=O)C3CC3)[C@](C)(COC(=O)C3CC3)C1CC(O)C1(C)Oc3cc(-c4cccnc4)oc(=O)c3[C@H](O)C21. The lowest BCUT2D eigenvalue weighted by molar-refractivity contribution is -0.267. The lowest BCUT2D eigenvalue weighted by Crippen LogP contribution is -2.71. The molecule has 43 heavy (non-hydrogen) atoms. The normalized spacial score (nSPS) is 38.1. The summed E-state index contributed by atoms with van der Waals surface area (Å²) >= 11 is 0. The van der Waals surface area contributed by atoms with Crippen LogP contribution in [-0.2, 0) is 19.1 Å². The fourth-order valence-corrected chi connectivity index (χ4v) is 8.45. The van der Waals surface area contributed by atoms with E-state index in [0.29, 0.717) is 18.4 Å². The Morgan fingerprint density at radius 3 is 2.47 bits per heavy atom. The standard InChI is InChI=1S/C33H39NO9/c1-31-11-10-24(42-29(38)18-8-9-18)32(2,16-40-28(37)17-6-7-17)22(31)14-23(35)33(3)27(31)26(36)25-21(43-33)13-20(41-30(25)39)19-5-4-12-34-15-19/h4-5,12-13,15,17-18,22-24,26-27,35-36H,6-11,14,16H2,1-3H3/t22?,23?,24-,26-,27?,31?,32+,33?/m0/s1. The zero-order chi connectivity index (χ0) is 30.3. The molecule has 4 saturated carbocycles. The molecule has 2 aromatic rings. The van der Waals surface area contributed by atoms with E-state index in [2.05, 4.69) is 11.9 Å². The Morgan fingerprint density at radius 2 is 1.79 bits per heavy atom. The number of aromatic nitrogens is 1. The zero-order valence-corrected chi connectivity index (χ0v) is 24.8. The predicted molar refractivity (Wildman–Crippen MR) is 152 cm³/mol. The molecule has 2 aromatic heterocycles. The molecule has 7 rings (SSSR count). The highest BCUT2D eigenvalue weighted by Gasteiger charge is 2.70. The van der Waals surface area contributed by atoms with Crippen molar-refractivity contribution >= 4 is 11.9 Å². The van der Waals surface area contributed by atoms with E-state index in [4.69, 9.17) is 18.6 Å². The van der Waals surface area contributed by atoms with Crippen LogP contribution in [-0.4, -0.2) is 51.6 Å².